The Morgan fingerprint density at radius 3 is 2.36 bits per heavy atom. The van der Waals surface area contributed by atoms with Gasteiger partial charge >= 0.3 is 5.97 Å². The highest BCUT2D eigenvalue weighted by molar-refractivity contribution is 5.84. The van der Waals surface area contributed by atoms with Crippen LogP contribution in [0.15, 0.2) is 55.1 Å². The smallest absolute Gasteiger partial charge is 0.309 e. The van der Waals surface area contributed by atoms with Gasteiger partial charge in [0.05, 0.1) is 19.2 Å². The molecule has 1 saturated heterocycles. The van der Waals surface area contributed by atoms with Gasteiger partial charge in [0.1, 0.15) is 6.33 Å². The molecule has 0 radical (unpaired) electrons. The number of methoxy groups -OCH3 is 1. The van der Waals surface area contributed by atoms with Crippen molar-refractivity contribution in [2.75, 3.05) is 48.8 Å². The normalized spacial score (nSPS) is 14.0. The first-order valence-corrected chi connectivity index (χ1v) is 10.7. The van der Waals surface area contributed by atoms with Crippen molar-refractivity contribution in [1.82, 2.24) is 24.5 Å². The summed E-state index contributed by atoms with van der Waals surface area (Å²) in [5, 5.41) is 0. The Morgan fingerprint density at radius 2 is 1.67 bits per heavy atom. The van der Waals surface area contributed by atoms with Crippen LogP contribution in [-0.2, 0) is 16.0 Å². The number of carbonyl (C=O) groups excluding carboxylic acids is 1. The maximum atomic E-state index is 11.5. The minimum Gasteiger partial charge on any atom is -0.469 e. The summed E-state index contributed by atoms with van der Waals surface area (Å²) in [5.41, 5.74) is 10.5. The summed E-state index contributed by atoms with van der Waals surface area (Å²) in [6.45, 7) is 3.17. The third-order valence-electron chi connectivity index (χ3n) is 5.79. The fourth-order valence-electron chi connectivity index (χ4n) is 3.97. The van der Waals surface area contributed by atoms with E-state index in [4.69, 9.17) is 15.5 Å². The lowest BCUT2D eigenvalue weighted by Crippen LogP contribution is -2.47. The second-order valence-corrected chi connectivity index (χ2v) is 7.79. The number of fused-ring (bicyclic) bond motifs is 1. The maximum absolute atomic E-state index is 11.5. The molecule has 4 heterocycles. The Bertz CT molecular complexity index is 1270. The summed E-state index contributed by atoms with van der Waals surface area (Å²) in [5.74, 6) is 0.730. The molecule has 0 spiro atoms. The number of hydrogen-bond acceptors (Lipinski definition) is 9. The summed E-state index contributed by atoms with van der Waals surface area (Å²) in [6.07, 6.45) is 5.44. The number of nitrogens with zero attached hydrogens (tertiary/aromatic N) is 7. The van der Waals surface area contributed by atoms with Crippen LogP contribution in [0.3, 0.4) is 0 Å². The lowest BCUT2D eigenvalue weighted by atomic mass is 10.1. The second-order valence-electron chi connectivity index (χ2n) is 7.79. The first-order chi connectivity index (χ1) is 16.1. The standard InChI is InChI=1S/C23H24N8O2/c1-33-19(32)14-16-2-4-17(5-3-16)29-10-12-30(13-11-29)23-27-21(24)20-22(28-23)31(15-26-20)18-6-8-25-9-7-18/h2-9,15H,10-14H2,1H3,(H2,24,27,28). The van der Waals surface area contributed by atoms with Crippen molar-refractivity contribution in [2.45, 2.75) is 6.42 Å². The van der Waals surface area contributed by atoms with Crippen molar-refractivity contribution >= 4 is 34.6 Å². The van der Waals surface area contributed by atoms with Gasteiger partial charge in [-0.1, -0.05) is 12.1 Å². The average Bonchev–Trinajstić information content (AvgIpc) is 3.30. The molecule has 5 rings (SSSR count). The number of rotatable bonds is 5. The van der Waals surface area contributed by atoms with Crippen LogP contribution in [0.25, 0.3) is 16.9 Å². The summed E-state index contributed by atoms with van der Waals surface area (Å²) >= 11 is 0. The molecule has 2 N–H and O–H groups in total. The number of benzene rings is 1. The zero-order valence-corrected chi connectivity index (χ0v) is 18.3. The second kappa shape index (κ2) is 8.73. The lowest BCUT2D eigenvalue weighted by molar-refractivity contribution is -0.139. The van der Waals surface area contributed by atoms with Gasteiger partial charge in [-0.15, -0.1) is 0 Å². The highest BCUT2D eigenvalue weighted by atomic mass is 16.5. The van der Waals surface area contributed by atoms with Crippen LogP contribution in [0, 0.1) is 0 Å². The predicted molar refractivity (Wildman–Crippen MR) is 125 cm³/mol. The van der Waals surface area contributed by atoms with Crippen molar-refractivity contribution < 1.29 is 9.53 Å². The summed E-state index contributed by atoms with van der Waals surface area (Å²) in [4.78, 5) is 33.7. The third-order valence-corrected chi connectivity index (χ3v) is 5.79. The Labute approximate surface area is 190 Å². The average molecular weight is 444 g/mol. The lowest BCUT2D eigenvalue weighted by Gasteiger charge is -2.36. The van der Waals surface area contributed by atoms with Crippen molar-refractivity contribution in [3.05, 3.63) is 60.7 Å². The van der Waals surface area contributed by atoms with Gasteiger partial charge in [-0.05, 0) is 29.8 Å². The zero-order chi connectivity index (χ0) is 22.8. The number of hydrogen-bond donors (Lipinski definition) is 1. The molecule has 4 aromatic rings. The molecule has 0 aliphatic carbocycles. The number of ether oxygens (including phenoxy) is 1. The Balaban J connectivity index is 1.32. The molecular formula is C23H24N8O2. The fraction of sp³-hybridized carbons (Fsp3) is 0.261. The quantitative estimate of drug-likeness (QED) is 0.460. The number of nitrogen functional groups attached to an aromatic ring is 1. The number of piperazine rings is 1. The number of esters is 1. The van der Waals surface area contributed by atoms with Crippen LogP contribution in [0.2, 0.25) is 0 Å². The molecule has 0 unspecified atom stereocenters. The van der Waals surface area contributed by atoms with E-state index in [0.717, 1.165) is 43.1 Å². The van der Waals surface area contributed by atoms with Gasteiger partial charge in [0, 0.05) is 44.3 Å². The Morgan fingerprint density at radius 1 is 0.970 bits per heavy atom. The van der Waals surface area contributed by atoms with E-state index in [2.05, 4.69) is 24.8 Å². The molecule has 3 aromatic heterocycles. The first-order valence-electron chi connectivity index (χ1n) is 10.7. The Hall–Kier alpha value is -4.21. The Kier molecular flexibility index (Phi) is 5.47. The summed E-state index contributed by atoms with van der Waals surface area (Å²) in [6, 6.07) is 11.8. The minimum absolute atomic E-state index is 0.238. The van der Waals surface area contributed by atoms with E-state index >= 15 is 0 Å². The molecular weight excluding hydrogens is 420 g/mol. The zero-order valence-electron chi connectivity index (χ0n) is 18.3. The van der Waals surface area contributed by atoms with E-state index in [-0.39, 0.29) is 12.4 Å². The maximum Gasteiger partial charge on any atom is 0.309 e. The monoisotopic (exact) mass is 444 g/mol. The molecule has 10 heteroatoms. The number of anilines is 3. The minimum atomic E-state index is -0.238. The SMILES string of the molecule is COC(=O)Cc1ccc(N2CCN(c3nc(N)c4ncn(-c5ccncc5)c4n3)CC2)cc1. The molecule has 0 saturated carbocycles. The van der Waals surface area contributed by atoms with Crippen LogP contribution in [0.1, 0.15) is 5.56 Å². The predicted octanol–water partition coefficient (Wildman–Crippen LogP) is 1.83. The van der Waals surface area contributed by atoms with E-state index in [9.17, 15) is 4.79 Å². The van der Waals surface area contributed by atoms with Crippen molar-refractivity contribution in [3.63, 3.8) is 0 Å². The molecule has 1 aliphatic rings. The highest BCUT2D eigenvalue weighted by Crippen LogP contribution is 2.24. The molecule has 33 heavy (non-hydrogen) atoms. The van der Waals surface area contributed by atoms with Crippen LogP contribution in [-0.4, -0.2) is 63.8 Å². The topological polar surface area (TPSA) is 115 Å². The number of carbonyl (C=O) groups is 1. The van der Waals surface area contributed by atoms with E-state index in [0.29, 0.717) is 22.9 Å². The van der Waals surface area contributed by atoms with Gasteiger partial charge in [0.2, 0.25) is 5.95 Å². The van der Waals surface area contributed by atoms with Crippen molar-refractivity contribution in [1.29, 1.82) is 0 Å². The van der Waals surface area contributed by atoms with Gasteiger partial charge in [-0.2, -0.15) is 9.97 Å². The number of pyridine rings is 1. The fourth-order valence-corrected chi connectivity index (χ4v) is 3.97. The third kappa shape index (κ3) is 4.14. The van der Waals surface area contributed by atoms with E-state index in [1.54, 1.807) is 18.7 Å². The van der Waals surface area contributed by atoms with Crippen LogP contribution >= 0.6 is 0 Å². The van der Waals surface area contributed by atoms with Gasteiger partial charge in [0.25, 0.3) is 0 Å². The largest absolute Gasteiger partial charge is 0.469 e. The van der Waals surface area contributed by atoms with E-state index < -0.39 is 0 Å². The van der Waals surface area contributed by atoms with Crippen molar-refractivity contribution in [3.8, 4) is 5.69 Å². The van der Waals surface area contributed by atoms with Gasteiger partial charge in [-0.3, -0.25) is 14.3 Å². The number of nitrogens with two attached hydrogens (primary N) is 1. The number of imidazole rings is 1. The van der Waals surface area contributed by atoms with Gasteiger partial charge < -0.3 is 20.3 Å². The highest BCUT2D eigenvalue weighted by Gasteiger charge is 2.22. The number of aromatic nitrogens is 5. The van der Waals surface area contributed by atoms with Gasteiger partial charge in [0.15, 0.2) is 17.0 Å². The van der Waals surface area contributed by atoms with Crippen LogP contribution < -0.4 is 15.5 Å². The molecule has 10 nitrogen and oxygen atoms in total. The molecule has 1 aliphatic heterocycles. The molecule has 0 atom stereocenters. The summed E-state index contributed by atoms with van der Waals surface area (Å²) < 4.78 is 6.63. The van der Waals surface area contributed by atoms with Gasteiger partial charge in [-0.25, -0.2) is 4.98 Å². The van der Waals surface area contributed by atoms with Crippen LogP contribution in [0.5, 0.6) is 0 Å². The molecule has 168 valence electrons. The molecule has 0 amide bonds. The first kappa shape index (κ1) is 20.7. The summed E-state index contributed by atoms with van der Waals surface area (Å²) in [7, 11) is 1.40. The van der Waals surface area contributed by atoms with E-state index in [1.807, 2.05) is 41.0 Å². The molecule has 0 bridgehead atoms. The van der Waals surface area contributed by atoms with Crippen molar-refractivity contribution in [2.24, 2.45) is 0 Å². The molecule has 1 fully saturated rings. The molecule has 1 aromatic carbocycles. The van der Waals surface area contributed by atoms with Crippen LogP contribution in [0.4, 0.5) is 17.5 Å². The van der Waals surface area contributed by atoms with E-state index in [1.165, 1.54) is 7.11 Å².